The minimum atomic E-state index is -0.114. The van der Waals surface area contributed by atoms with Crippen LogP contribution in [0.5, 0.6) is 0 Å². The summed E-state index contributed by atoms with van der Waals surface area (Å²) in [4.78, 5) is 14.4. The molecule has 1 amide bonds. The molecule has 0 aliphatic heterocycles. The summed E-state index contributed by atoms with van der Waals surface area (Å²) in [5, 5.41) is 13.7. The highest BCUT2D eigenvalue weighted by Crippen LogP contribution is 2.45. The average molecular weight is 306 g/mol. The first-order valence-electron chi connectivity index (χ1n) is 8.31. The Bertz CT molecular complexity index is 521. The summed E-state index contributed by atoms with van der Waals surface area (Å²) in [5.74, 6) is 2.23. The van der Waals surface area contributed by atoms with Crippen LogP contribution in [0.1, 0.15) is 49.1 Å². The maximum absolute atomic E-state index is 12.5. The Morgan fingerprint density at radius 1 is 1.27 bits per heavy atom. The summed E-state index contributed by atoms with van der Waals surface area (Å²) in [6, 6.07) is 0.347. The van der Waals surface area contributed by atoms with Crippen LogP contribution >= 0.6 is 0 Å². The Labute approximate surface area is 131 Å². The number of aliphatic hydroxyl groups excluding tert-OH is 1. The molecule has 2 fully saturated rings. The molecule has 2 saturated carbocycles. The van der Waals surface area contributed by atoms with E-state index in [0.29, 0.717) is 30.7 Å². The molecule has 122 valence electrons. The van der Waals surface area contributed by atoms with Gasteiger partial charge in [0.15, 0.2) is 0 Å². The Morgan fingerprint density at radius 2 is 1.91 bits per heavy atom. The summed E-state index contributed by atoms with van der Waals surface area (Å²) in [5.41, 5.74) is 1.95. The molecule has 2 unspecified atom stereocenters. The van der Waals surface area contributed by atoms with Gasteiger partial charge in [0.2, 0.25) is 5.91 Å². The van der Waals surface area contributed by atoms with Crippen molar-refractivity contribution < 1.29 is 14.4 Å². The third-order valence-electron chi connectivity index (χ3n) is 5.68. The van der Waals surface area contributed by atoms with Crippen molar-refractivity contribution in [1.82, 2.24) is 10.1 Å². The summed E-state index contributed by atoms with van der Waals surface area (Å²) in [6.45, 7) is 3.82. The van der Waals surface area contributed by atoms with Crippen LogP contribution in [0.25, 0.3) is 0 Å². The lowest BCUT2D eigenvalue weighted by molar-refractivity contribution is -0.131. The molecule has 1 aromatic heterocycles. The molecule has 2 aliphatic rings. The topological polar surface area (TPSA) is 66.6 Å². The quantitative estimate of drug-likeness (QED) is 0.926. The van der Waals surface area contributed by atoms with E-state index < -0.39 is 0 Å². The predicted octanol–water partition coefficient (Wildman–Crippen LogP) is 2.23. The lowest BCUT2D eigenvalue weighted by atomic mass is 10.0. The SMILES string of the molecule is Cc1noc(C)c1CCC(=O)N(C)C1C[C@H]2CC(O)C[C@H]2C1. The number of hydrogen-bond donors (Lipinski definition) is 1. The molecular formula is C17H26N2O3. The monoisotopic (exact) mass is 306 g/mol. The molecule has 5 nitrogen and oxygen atoms in total. The standard InChI is InChI=1S/C17H26N2O3/c1-10-16(11(2)22-18-10)4-5-17(21)19(3)14-6-12-8-15(20)9-13(12)7-14/h12-15,20H,4-9H2,1-3H3/t12-,13+,14?,15?. The van der Waals surface area contributed by atoms with Gasteiger partial charge in [0.05, 0.1) is 11.8 Å². The zero-order chi connectivity index (χ0) is 15.9. The second kappa shape index (κ2) is 6.03. The number of carbonyl (C=O) groups is 1. The molecule has 22 heavy (non-hydrogen) atoms. The minimum absolute atomic E-state index is 0.114. The van der Waals surface area contributed by atoms with Crippen LogP contribution in [0.2, 0.25) is 0 Å². The number of hydrogen-bond acceptors (Lipinski definition) is 4. The number of rotatable bonds is 4. The second-order valence-electron chi connectivity index (χ2n) is 7.08. The highest BCUT2D eigenvalue weighted by Gasteiger charge is 2.42. The van der Waals surface area contributed by atoms with Crippen LogP contribution in [0.4, 0.5) is 0 Å². The van der Waals surface area contributed by atoms with Gasteiger partial charge in [0.1, 0.15) is 5.76 Å². The van der Waals surface area contributed by atoms with E-state index in [1.807, 2.05) is 25.8 Å². The minimum Gasteiger partial charge on any atom is -0.393 e. The highest BCUT2D eigenvalue weighted by molar-refractivity contribution is 5.76. The number of aliphatic hydroxyl groups is 1. The summed E-state index contributed by atoms with van der Waals surface area (Å²) in [7, 11) is 1.93. The number of amides is 1. The Kier molecular flexibility index (Phi) is 4.26. The zero-order valence-electron chi connectivity index (χ0n) is 13.7. The van der Waals surface area contributed by atoms with E-state index in [9.17, 15) is 9.90 Å². The van der Waals surface area contributed by atoms with Crippen molar-refractivity contribution in [3.63, 3.8) is 0 Å². The van der Waals surface area contributed by atoms with Gasteiger partial charge >= 0.3 is 0 Å². The van der Waals surface area contributed by atoms with E-state index in [0.717, 1.165) is 42.7 Å². The predicted molar refractivity (Wildman–Crippen MR) is 82.3 cm³/mol. The van der Waals surface area contributed by atoms with Crippen molar-refractivity contribution in [3.05, 3.63) is 17.0 Å². The van der Waals surface area contributed by atoms with Gasteiger partial charge in [-0.1, -0.05) is 5.16 Å². The van der Waals surface area contributed by atoms with Crippen LogP contribution in [-0.2, 0) is 11.2 Å². The van der Waals surface area contributed by atoms with Crippen LogP contribution in [0, 0.1) is 25.7 Å². The smallest absolute Gasteiger partial charge is 0.222 e. The van der Waals surface area contributed by atoms with Crippen LogP contribution in [0.3, 0.4) is 0 Å². The van der Waals surface area contributed by atoms with E-state index in [2.05, 4.69) is 5.16 Å². The highest BCUT2D eigenvalue weighted by atomic mass is 16.5. The van der Waals surface area contributed by atoms with Crippen LogP contribution in [0.15, 0.2) is 4.52 Å². The van der Waals surface area contributed by atoms with Crippen molar-refractivity contribution >= 4 is 5.91 Å². The molecule has 5 heteroatoms. The molecule has 0 saturated heterocycles. The third kappa shape index (κ3) is 2.91. The van der Waals surface area contributed by atoms with Crippen molar-refractivity contribution in [2.75, 3.05) is 7.05 Å². The number of carbonyl (C=O) groups excluding carboxylic acids is 1. The van der Waals surface area contributed by atoms with Gasteiger partial charge in [-0.2, -0.15) is 0 Å². The van der Waals surface area contributed by atoms with Crippen molar-refractivity contribution in [3.8, 4) is 0 Å². The maximum atomic E-state index is 12.5. The zero-order valence-corrected chi connectivity index (χ0v) is 13.7. The molecule has 1 aromatic rings. The van der Waals surface area contributed by atoms with Gasteiger partial charge in [-0.25, -0.2) is 0 Å². The molecule has 3 rings (SSSR count). The fraction of sp³-hybridized carbons (Fsp3) is 0.765. The van der Waals surface area contributed by atoms with Crippen LogP contribution in [-0.4, -0.2) is 40.3 Å². The first-order chi connectivity index (χ1) is 10.5. The molecule has 1 heterocycles. The van der Waals surface area contributed by atoms with E-state index in [1.165, 1.54) is 0 Å². The van der Waals surface area contributed by atoms with Gasteiger partial charge in [0.25, 0.3) is 0 Å². The van der Waals surface area contributed by atoms with E-state index in [-0.39, 0.29) is 12.0 Å². The van der Waals surface area contributed by atoms with Crippen molar-refractivity contribution in [1.29, 1.82) is 0 Å². The van der Waals surface area contributed by atoms with Crippen molar-refractivity contribution in [2.24, 2.45) is 11.8 Å². The molecule has 2 aliphatic carbocycles. The Morgan fingerprint density at radius 3 is 2.45 bits per heavy atom. The summed E-state index contributed by atoms with van der Waals surface area (Å²) >= 11 is 0. The van der Waals surface area contributed by atoms with E-state index >= 15 is 0 Å². The van der Waals surface area contributed by atoms with E-state index in [1.54, 1.807) is 0 Å². The molecule has 1 N–H and O–H groups in total. The fourth-order valence-electron chi connectivity index (χ4n) is 4.34. The van der Waals surface area contributed by atoms with Gasteiger partial charge in [-0.05, 0) is 57.8 Å². The molecule has 0 aromatic carbocycles. The Balaban J connectivity index is 1.53. The lowest BCUT2D eigenvalue weighted by Crippen LogP contribution is -2.36. The lowest BCUT2D eigenvalue weighted by Gasteiger charge is -2.25. The first kappa shape index (κ1) is 15.5. The normalized spacial score (nSPS) is 30.5. The van der Waals surface area contributed by atoms with Gasteiger partial charge in [-0.3, -0.25) is 4.79 Å². The molecule has 0 radical (unpaired) electrons. The van der Waals surface area contributed by atoms with Gasteiger partial charge < -0.3 is 14.5 Å². The number of aryl methyl sites for hydroxylation is 2. The fourth-order valence-corrected chi connectivity index (χ4v) is 4.34. The Hall–Kier alpha value is -1.36. The summed E-state index contributed by atoms with van der Waals surface area (Å²) in [6.07, 6.45) is 5.03. The first-order valence-corrected chi connectivity index (χ1v) is 8.31. The maximum Gasteiger partial charge on any atom is 0.222 e. The second-order valence-corrected chi connectivity index (χ2v) is 7.08. The third-order valence-corrected chi connectivity index (χ3v) is 5.68. The van der Waals surface area contributed by atoms with Gasteiger partial charge in [0, 0.05) is 25.1 Å². The van der Waals surface area contributed by atoms with Gasteiger partial charge in [-0.15, -0.1) is 0 Å². The molecule has 0 spiro atoms. The number of nitrogens with zero attached hydrogens (tertiary/aromatic N) is 2. The summed E-state index contributed by atoms with van der Waals surface area (Å²) < 4.78 is 5.15. The largest absolute Gasteiger partial charge is 0.393 e. The number of aromatic nitrogens is 1. The molecule has 0 bridgehead atoms. The molecule has 4 atom stereocenters. The molecular weight excluding hydrogens is 280 g/mol. The van der Waals surface area contributed by atoms with Crippen molar-refractivity contribution in [2.45, 2.75) is 64.5 Å². The van der Waals surface area contributed by atoms with Crippen LogP contribution < -0.4 is 0 Å². The number of fused-ring (bicyclic) bond motifs is 1. The average Bonchev–Trinajstić information content (AvgIpc) is 3.09. The van der Waals surface area contributed by atoms with E-state index in [4.69, 9.17) is 4.52 Å².